The van der Waals surface area contributed by atoms with Gasteiger partial charge in [-0.25, -0.2) is 9.48 Å². The van der Waals surface area contributed by atoms with E-state index in [1.54, 1.807) is 6.92 Å². The van der Waals surface area contributed by atoms with Crippen molar-refractivity contribution < 1.29 is 9.53 Å². The number of ether oxygens (including phenoxy) is 1. The molecule has 0 unspecified atom stereocenters. The number of esters is 1. The highest BCUT2D eigenvalue weighted by atomic mass is 79.9. The van der Waals surface area contributed by atoms with E-state index < -0.39 is 5.97 Å². The summed E-state index contributed by atoms with van der Waals surface area (Å²) in [7, 11) is 0. The number of hydrogen-bond donors (Lipinski definition) is 0. The normalized spacial score (nSPS) is 10.2. The molecule has 0 saturated carbocycles. The van der Waals surface area contributed by atoms with E-state index in [1.165, 1.54) is 4.68 Å². The molecule has 0 amide bonds. The van der Waals surface area contributed by atoms with Gasteiger partial charge in [0.15, 0.2) is 0 Å². The van der Waals surface area contributed by atoms with E-state index in [-0.39, 0.29) is 5.82 Å². The van der Waals surface area contributed by atoms with E-state index >= 15 is 0 Å². The highest BCUT2D eigenvalue weighted by Gasteiger charge is 2.16. The van der Waals surface area contributed by atoms with Crippen LogP contribution in [0.2, 0.25) is 0 Å². The number of carbonyl (C=O) groups is 1. The first-order valence-corrected chi connectivity index (χ1v) is 5.86. The fraction of sp³-hybridized carbons (Fsp3) is 0.182. The molecular weight excluding hydrogens is 286 g/mol. The maximum Gasteiger partial charge on any atom is 0.378 e. The van der Waals surface area contributed by atoms with Gasteiger partial charge < -0.3 is 4.74 Å². The number of halogens is 1. The highest BCUT2D eigenvalue weighted by Crippen LogP contribution is 2.14. The molecule has 0 N–H and O–H groups in total. The van der Waals surface area contributed by atoms with Gasteiger partial charge in [-0.2, -0.15) is 4.98 Å². The second-order valence-electron chi connectivity index (χ2n) is 3.17. The molecule has 1 aromatic carbocycles. The summed E-state index contributed by atoms with van der Waals surface area (Å²) in [6.07, 6.45) is 0. The molecule has 0 bridgehead atoms. The smallest absolute Gasteiger partial charge is 0.378 e. The van der Waals surface area contributed by atoms with Crippen molar-refractivity contribution >= 4 is 21.9 Å². The molecule has 0 atom stereocenters. The zero-order valence-electron chi connectivity index (χ0n) is 9.13. The Kier molecular flexibility index (Phi) is 3.53. The molecule has 0 aliphatic carbocycles. The summed E-state index contributed by atoms with van der Waals surface area (Å²) >= 11 is 3.25. The summed E-state index contributed by atoms with van der Waals surface area (Å²) in [6.45, 7) is 2.04. The van der Waals surface area contributed by atoms with Crippen LogP contribution in [0, 0.1) is 0 Å². The predicted molar refractivity (Wildman–Crippen MR) is 65.0 cm³/mol. The molecule has 0 radical (unpaired) electrons. The van der Waals surface area contributed by atoms with Crippen LogP contribution in [0.5, 0.6) is 0 Å². The van der Waals surface area contributed by atoms with Crippen molar-refractivity contribution in [1.29, 1.82) is 0 Å². The number of rotatable bonds is 3. The molecule has 0 spiro atoms. The van der Waals surface area contributed by atoms with Gasteiger partial charge >= 0.3 is 5.97 Å². The molecule has 1 aromatic heterocycles. The molecule has 2 aromatic rings. The molecule has 17 heavy (non-hydrogen) atoms. The Balaban J connectivity index is 2.35. The van der Waals surface area contributed by atoms with Crippen molar-refractivity contribution in [2.75, 3.05) is 6.61 Å². The largest absolute Gasteiger partial charge is 0.460 e. The minimum atomic E-state index is -0.525. The number of aromatic nitrogens is 3. The molecule has 88 valence electrons. The van der Waals surface area contributed by atoms with Crippen LogP contribution in [0.1, 0.15) is 17.5 Å². The molecule has 6 heteroatoms. The third-order valence-corrected chi connectivity index (χ3v) is 2.54. The maximum atomic E-state index is 11.5. The fourth-order valence-electron chi connectivity index (χ4n) is 1.31. The van der Waals surface area contributed by atoms with Gasteiger partial charge in [0.05, 0.1) is 12.3 Å². The maximum absolute atomic E-state index is 11.5. The Morgan fingerprint density at radius 2 is 2.12 bits per heavy atom. The minimum absolute atomic E-state index is 0.0441. The minimum Gasteiger partial charge on any atom is -0.460 e. The molecule has 0 aliphatic heterocycles. The van der Waals surface area contributed by atoms with Crippen molar-refractivity contribution in [3.8, 4) is 5.69 Å². The topological polar surface area (TPSA) is 57.0 Å². The number of para-hydroxylation sites is 1. The Hall–Kier alpha value is -1.69. The van der Waals surface area contributed by atoms with Gasteiger partial charge in [-0.3, -0.25) is 0 Å². The zero-order valence-corrected chi connectivity index (χ0v) is 10.7. The average Bonchev–Trinajstić information content (AvgIpc) is 2.73. The molecular formula is C11H10BrN3O2. The Morgan fingerprint density at radius 3 is 2.76 bits per heavy atom. The Bertz CT molecular complexity index is 525. The third-order valence-electron chi connectivity index (χ3n) is 2.03. The number of nitrogens with zero attached hydrogens (tertiary/aromatic N) is 3. The number of hydrogen-bond acceptors (Lipinski definition) is 4. The lowest BCUT2D eigenvalue weighted by atomic mass is 10.3. The summed E-state index contributed by atoms with van der Waals surface area (Å²) in [5, 5.41) is 4.08. The number of benzene rings is 1. The predicted octanol–water partition coefficient (Wildman–Crippen LogP) is 2.21. The quantitative estimate of drug-likeness (QED) is 0.815. The van der Waals surface area contributed by atoms with Crippen molar-refractivity contribution in [3.05, 3.63) is 40.9 Å². The fourth-order valence-corrected chi connectivity index (χ4v) is 1.76. The van der Waals surface area contributed by atoms with E-state index in [1.807, 2.05) is 30.3 Å². The zero-order chi connectivity index (χ0) is 12.3. The van der Waals surface area contributed by atoms with Crippen molar-refractivity contribution in [3.63, 3.8) is 0 Å². The van der Waals surface area contributed by atoms with Crippen LogP contribution in [0.4, 0.5) is 0 Å². The summed E-state index contributed by atoms with van der Waals surface area (Å²) in [4.78, 5) is 15.5. The molecule has 2 rings (SSSR count). The monoisotopic (exact) mass is 295 g/mol. The van der Waals surface area contributed by atoms with Crippen LogP contribution >= 0.6 is 15.9 Å². The van der Waals surface area contributed by atoms with Crippen molar-refractivity contribution in [1.82, 2.24) is 14.8 Å². The van der Waals surface area contributed by atoms with E-state index in [0.29, 0.717) is 11.3 Å². The van der Waals surface area contributed by atoms with Gasteiger partial charge in [-0.1, -0.05) is 18.2 Å². The second-order valence-corrected chi connectivity index (χ2v) is 3.88. The summed E-state index contributed by atoms with van der Waals surface area (Å²) in [5.74, 6) is -0.481. The summed E-state index contributed by atoms with van der Waals surface area (Å²) < 4.78 is 6.83. The first-order valence-electron chi connectivity index (χ1n) is 5.07. The first-order chi connectivity index (χ1) is 8.22. The molecule has 5 nitrogen and oxygen atoms in total. The van der Waals surface area contributed by atoms with Gasteiger partial charge in [-0.15, -0.1) is 5.10 Å². The van der Waals surface area contributed by atoms with Crippen molar-refractivity contribution in [2.45, 2.75) is 6.92 Å². The van der Waals surface area contributed by atoms with Gasteiger partial charge in [0.2, 0.25) is 4.73 Å². The van der Waals surface area contributed by atoms with E-state index in [4.69, 9.17) is 4.74 Å². The molecule has 0 aliphatic rings. The van der Waals surface area contributed by atoms with E-state index in [9.17, 15) is 4.79 Å². The van der Waals surface area contributed by atoms with Crippen LogP contribution < -0.4 is 0 Å². The highest BCUT2D eigenvalue weighted by molar-refractivity contribution is 9.10. The lowest BCUT2D eigenvalue weighted by molar-refractivity contribution is 0.0512. The average molecular weight is 296 g/mol. The van der Waals surface area contributed by atoms with E-state index in [0.717, 1.165) is 5.69 Å². The SMILES string of the molecule is CCOC(=O)c1nc(Br)n(-c2ccccc2)n1. The van der Waals surface area contributed by atoms with Crippen molar-refractivity contribution in [2.24, 2.45) is 0 Å². The molecule has 1 heterocycles. The van der Waals surface area contributed by atoms with Gasteiger partial charge in [0, 0.05) is 0 Å². The van der Waals surface area contributed by atoms with Gasteiger partial charge in [0.1, 0.15) is 0 Å². The summed E-state index contributed by atoms with van der Waals surface area (Å²) in [5.41, 5.74) is 0.822. The van der Waals surface area contributed by atoms with Gasteiger partial charge in [-0.05, 0) is 35.0 Å². The van der Waals surface area contributed by atoms with Crippen LogP contribution in [0.3, 0.4) is 0 Å². The first kappa shape index (κ1) is 11.8. The lowest BCUT2D eigenvalue weighted by Crippen LogP contribution is -2.07. The van der Waals surface area contributed by atoms with Gasteiger partial charge in [0.25, 0.3) is 5.82 Å². The lowest BCUT2D eigenvalue weighted by Gasteiger charge is -2.00. The number of carbonyl (C=O) groups excluding carboxylic acids is 1. The van der Waals surface area contributed by atoms with Crippen LogP contribution in [-0.4, -0.2) is 27.3 Å². The Morgan fingerprint density at radius 1 is 1.41 bits per heavy atom. The van der Waals surface area contributed by atoms with Crippen LogP contribution in [-0.2, 0) is 4.74 Å². The summed E-state index contributed by atoms with van der Waals surface area (Å²) in [6, 6.07) is 9.41. The van der Waals surface area contributed by atoms with E-state index in [2.05, 4.69) is 26.0 Å². The third kappa shape index (κ3) is 2.52. The standard InChI is InChI=1S/C11H10BrN3O2/c1-2-17-10(16)9-13-11(12)15(14-9)8-6-4-3-5-7-8/h3-7H,2H2,1H3. The molecule has 0 saturated heterocycles. The van der Waals surface area contributed by atoms with Crippen LogP contribution in [0.15, 0.2) is 35.1 Å². The molecule has 0 fully saturated rings. The Labute approximate surface area is 107 Å². The second kappa shape index (κ2) is 5.09. The van der Waals surface area contributed by atoms with Crippen LogP contribution in [0.25, 0.3) is 5.69 Å².